The van der Waals surface area contributed by atoms with E-state index in [9.17, 15) is 0 Å². The van der Waals surface area contributed by atoms with Crippen LogP contribution in [-0.2, 0) is 7.05 Å². The van der Waals surface area contributed by atoms with Gasteiger partial charge in [0.05, 0.1) is 21.4 Å². The van der Waals surface area contributed by atoms with Gasteiger partial charge in [0, 0.05) is 17.8 Å². The van der Waals surface area contributed by atoms with Crippen molar-refractivity contribution < 1.29 is 4.57 Å². The Kier molecular flexibility index (Phi) is 4.99. The van der Waals surface area contributed by atoms with Gasteiger partial charge < -0.3 is 5.32 Å². The second-order valence-corrected chi connectivity index (χ2v) is 8.83. The topological polar surface area (TPSA) is 19.1 Å². The van der Waals surface area contributed by atoms with Crippen LogP contribution in [0.3, 0.4) is 0 Å². The highest BCUT2D eigenvalue weighted by atomic mass is 35.5. The van der Waals surface area contributed by atoms with Crippen LogP contribution in [0.5, 0.6) is 0 Å². The van der Waals surface area contributed by atoms with Gasteiger partial charge in [-0.1, -0.05) is 70.9 Å². The van der Waals surface area contributed by atoms with E-state index < -0.39 is 0 Å². The maximum absolute atomic E-state index is 6.31. The number of rotatable bonds is 3. The Labute approximate surface area is 189 Å². The van der Waals surface area contributed by atoms with Crippen LogP contribution < -0.4 is 14.8 Å². The molecule has 1 aliphatic heterocycles. The Hall–Kier alpha value is -2.79. The number of benzene rings is 3. The number of hydrogen-bond acceptors (Lipinski definition) is 3. The van der Waals surface area contributed by atoms with Crippen molar-refractivity contribution in [2.24, 2.45) is 7.05 Å². The molecule has 0 saturated heterocycles. The molecule has 5 rings (SSSR count). The predicted octanol–water partition coefficient (Wildman–Crippen LogP) is 7.15. The first-order valence-corrected chi connectivity index (χ1v) is 11.1. The molecule has 30 heavy (non-hydrogen) atoms. The van der Waals surface area contributed by atoms with E-state index in [0.717, 1.165) is 22.9 Å². The minimum Gasteiger partial charge on any atom is -0.340 e. The molecule has 3 aromatic carbocycles. The molecule has 3 nitrogen and oxygen atoms in total. The van der Waals surface area contributed by atoms with E-state index in [-0.39, 0.29) is 0 Å². The largest absolute Gasteiger partial charge is 0.340 e. The van der Waals surface area contributed by atoms with Crippen LogP contribution in [0.15, 0.2) is 84.7 Å². The van der Waals surface area contributed by atoms with Crippen LogP contribution in [0.4, 0.5) is 17.1 Å². The van der Waals surface area contributed by atoms with Gasteiger partial charge >= 0.3 is 0 Å². The molecule has 4 aromatic rings. The highest BCUT2D eigenvalue weighted by Gasteiger charge is 2.26. The van der Waals surface area contributed by atoms with Gasteiger partial charge in [-0.3, -0.25) is 4.90 Å². The Balaban J connectivity index is 1.54. The molecule has 0 bridgehead atoms. The van der Waals surface area contributed by atoms with Crippen molar-refractivity contribution in [3.8, 4) is 0 Å². The van der Waals surface area contributed by atoms with Gasteiger partial charge in [0.2, 0.25) is 5.52 Å². The van der Waals surface area contributed by atoms with Crippen LogP contribution in [0, 0.1) is 0 Å². The normalized spacial score (nSPS) is 14.6. The third kappa shape index (κ3) is 3.37. The summed E-state index contributed by atoms with van der Waals surface area (Å²) < 4.78 is 3.48. The first kappa shape index (κ1) is 19.2. The summed E-state index contributed by atoms with van der Waals surface area (Å²) in [5.41, 5.74) is 4.19. The van der Waals surface area contributed by atoms with Crippen molar-refractivity contribution in [1.82, 2.24) is 0 Å². The summed E-state index contributed by atoms with van der Waals surface area (Å²) in [5, 5.41) is 5.72. The summed E-state index contributed by atoms with van der Waals surface area (Å²) in [4.78, 5) is 2.15. The molecule has 0 spiro atoms. The maximum Gasteiger partial charge on any atom is 0.262 e. The Morgan fingerprint density at radius 3 is 2.50 bits per heavy atom. The van der Waals surface area contributed by atoms with Crippen molar-refractivity contribution in [2.75, 3.05) is 10.2 Å². The molecule has 0 radical (unpaired) electrons. The average Bonchev–Trinajstić information content (AvgIpc) is 3.26. The number of nitrogens with zero attached hydrogens (tertiary/aromatic N) is 2. The molecule has 0 saturated carbocycles. The van der Waals surface area contributed by atoms with E-state index in [1.165, 1.54) is 15.2 Å². The molecule has 0 aliphatic carbocycles. The minimum absolute atomic E-state index is 0.532. The summed E-state index contributed by atoms with van der Waals surface area (Å²) in [6.45, 7) is 0. The van der Waals surface area contributed by atoms with Crippen LogP contribution in [0.2, 0.25) is 10.0 Å². The number of aromatic nitrogens is 1. The zero-order valence-corrected chi connectivity index (χ0v) is 18.5. The second-order valence-electron chi connectivity index (χ2n) is 6.96. The van der Waals surface area contributed by atoms with Gasteiger partial charge in [0.1, 0.15) is 17.6 Å². The zero-order chi connectivity index (χ0) is 20.7. The Morgan fingerprint density at radius 2 is 1.70 bits per heavy atom. The number of thiazole rings is 1. The fraction of sp³-hybridized carbons (Fsp3) is 0.0417. The second kappa shape index (κ2) is 7.80. The van der Waals surface area contributed by atoms with Gasteiger partial charge in [0.15, 0.2) is 0 Å². The highest BCUT2D eigenvalue weighted by Crippen LogP contribution is 2.45. The van der Waals surface area contributed by atoms with Crippen molar-refractivity contribution in [3.63, 3.8) is 0 Å². The molecule has 0 atom stereocenters. The first-order valence-electron chi connectivity index (χ1n) is 9.49. The monoisotopic (exact) mass is 450 g/mol. The van der Waals surface area contributed by atoms with Crippen molar-refractivity contribution in [3.05, 3.63) is 99.8 Å². The number of hydrogen-bond donors (Lipinski definition) is 1. The Bertz CT molecular complexity index is 1310. The predicted molar refractivity (Wildman–Crippen MR) is 129 cm³/mol. The number of aryl methyl sites for hydroxylation is 1. The average molecular weight is 451 g/mol. The van der Waals surface area contributed by atoms with Gasteiger partial charge in [-0.2, -0.15) is 4.57 Å². The molecule has 0 amide bonds. The lowest BCUT2D eigenvalue weighted by molar-refractivity contribution is -0.642. The molecule has 0 fully saturated rings. The van der Waals surface area contributed by atoms with Crippen LogP contribution in [-0.4, -0.2) is 0 Å². The van der Waals surface area contributed by atoms with E-state index in [4.69, 9.17) is 23.2 Å². The van der Waals surface area contributed by atoms with Crippen molar-refractivity contribution in [2.45, 2.75) is 0 Å². The SMILES string of the molecule is C[n+]1c(/C=C/C=C2/Nc3cc(Cl)c(Cl)cc3N2c2ccccc2)sc2ccccc21. The van der Waals surface area contributed by atoms with Crippen LogP contribution >= 0.6 is 34.5 Å². The fourth-order valence-corrected chi connectivity index (χ4v) is 4.99. The van der Waals surface area contributed by atoms with Gasteiger partial charge in [-0.15, -0.1) is 0 Å². The summed E-state index contributed by atoms with van der Waals surface area (Å²) in [5.74, 6) is 0.939. The van der Waals surface area contributed by atoms with Crippen molar-refractivity contribution >= 4 is 67.9 Å². The fourth-order valence-electron chi connectivity index (χ4n) is 3.60. The summed E-state index contributed by atoms with van der Waals surface area (Å²) in [6, 6.07) is 22.4. The number of halogens is 2. The Morgan fingerprint density at radius 1 is 0.967 bits per heavy atom. The van der Waals surface area contributed by atoms with Gasteiger partial charge in [0.25, 0.3) is 5.01 Å². The van der Waals surface area contributed by atoms with E-state index in [0.29, 0.717) is 10.0 Å². The minimum atomic E-state index is 0.532. The number of para-hydroxylation sites is 2. The lowest BCUT2D eigenvalue weighted by Gasteiger charge is -2.20. The third-order valence-corrected chi connectivity index (χ3v) is 6.97. The van der Waals surface area contributed by atoms with Crippen molar-refractivity contribution in [1.29, 1.82) is 0 Å². The third-order valence-electron chi connectivity index (χ3n) is 5.06. The zero-order valence-electron chi connectivity index (χ0n) is 16.1. The number of nitrogens with one attached hydrogen (secondary N) is 1. The van der Waals surface area contributed by atoms with Gasteiger partial charge in [-0.25, -0.2) is 0 Å². The standard InChI is InChI=1S/C24H17Cl2N3S/c1-28-20-10-5-6-11-22(20)30-24(28)13-7-12-23-27-19-14-17(25)18(26)15-21(19)29(23)16-8-3-2-4-9-16/h2-15H,1H3/p+1. The molecule has 148 valence electrons. The van der Waals surface area contributed by atoms with E-state index >= 15 is 0 Å². The van der Waals surface area contributed by atoms with Crippen LogP contribution in [0.1, 0.15) is 5.01 Å². The smallest absolute Gasteiger partial charge is 0.262 e. The molecule has 6 heteroatoms. The van der Waals surface area contributed by atoms with Crippen LogP contribution in [0.25, 0.3) is 16.3 Å². The number of fused-ring (bicyclic) bond motifs is 2. The molecular formula is C24H18Cl2N3S+. The molecule has 2 heterocycles. The summed E-state index contributed by atoms with van der Waals surface area (Å²) >= 11 is 14.3. The lowest BCUT2D eigenvalue weighted by atomic mass is 10.2. The number of allylic oxidation sites excluding steroid dienone is 2. The highest BCUT2D eigenvalue weighted by molar-refractivity contribution is 7.18. The molecule has 0 unspecified atom stereocenters. The molecule has 1 aromatic heterocycles. The quantitative estimate of drug-likeness (QED) is 0.334. The lowest BCUT2D eigenvalue weighted by Crippen LogP contribution is -2.28. The van der Waals surface area contributed by atoms with E-state index in [1.54, 1.807) is 11.3 Å². The molecule has 1 N–H and O–H groups in total. The summed E-state index contributed by atoms with van der Waals surface area (Å²) in [6.07, 6.45) is 6.27. The maximum atomic E-state index is 6.31. The van der Waals surface area contributed by atoms with E-state index in [1.807, 2.05) is 30.3 Å². The first-order chi connectivity index (χ1) is 14.6. The summed E-state index contributed by atoms with van der Waals surface area (Å²) in [7, 11) is 2.09. The molecule has 1 aliphatic rings. The molecular weight excluding hydrogens is 433 g/mol. The van der Waals surface area contributed by atoms with Gasteiger partial charge in [-0.05, 0) is 36.4 Å². The number of anilines is 3. The van der Waals surface area contributed by atoms with E-state index in [2.05, 4.69) is 76.5 Å².